The highest BCUT2D eigenvalue weighted by atomic mass is 35.5. The van der Waals surface area contributed by atoms with Crippen molar-refractivity contribution in [3.8, 4) is 11.5 Å². The largest absolute Gasteiger partial charge is 0.343 e. The first-order valence-corrected chi connectivity index (χ1v) is 8.83. The van der Waals surface area contributed by atoms with E-state index in [2.05, 4.69) is 15.0 Å². The van der Waals surface area contributed by atoms with Crippen LogP contribution in [0.4, 0.5) is 0 Å². The summed E-state index contributed by atoms with van der Waals surface area (Å²) in [7, 11) is 1.96. The fraction of sp³-hybridized carbons (Fsp3) is 0.529. The third-order valence-corrected chi connectivity index (χ3v) is 4.74. The Balaban J connectivity index is 1.60. The number of likely N-dealkylation sites (tertiary alicyclic amines) is 1. The number of amides is 1. The minimum atomic E-state index is 0.169. The van der Waals surface area contributed by atoms with Gasteiger partial charge >= 0.3 is 0 Å². The lowest BCUT2D eigenvalue weighted by atomic mass is 9.92. The van der Waals surface area contributed by atoms with Gasteiger partial charge in [0.15, 0.2) is 5.82 Å². The van der Waals surface area contributed by atoms with Gasteiger partial charge in [-0.2, -0.15) is 0 Å². The number of hydrogen-bond acceptors (Lipinski definition) is 4. The molecule has 7 heteroatoms. The van der Waals surface area contributed by atoms with E-state index in [1.807, 2.05) is 28.8 Å². The van der Waals surface area contributed by atoms with Crippen molar-refractivity contribution >= 4 is 17.5 Å². The number of carbonyl (C=O) groups excluding carboxylic acids is 1. The molecule has 0 aromatic carbocycles. The van der Waals surface area contributed by atoms with Gasteiger partial charge in [0.05, 0.1) is 0 Å². The van der Waals surface area contributed by atoms with E-state index >= 15 is 0 Å². The topological polar surface area (TPSA) is 63.9 Å². The second-order valence-corrected chi connectivity index (χ2v) is 6.60. The summed E-state index contributed by atoms with van der Waals surface area (Å²) in [6, 6.07) is 2.02. The van der Waals surface area contributed by atoms with Crippen molar-refractivity contribution in [3.05, 3.63) is 30.5 Å². The van der Waals surface area contributed by atoms with Crippen molar-refractivity contribution in [3.63, 3.8) is 0 Å². The number of carbonyl (C=O) groups is 1. The molecule has 0 unspecified atom stereocenters. The molecule has 1 amide bonds. The number of aryl methyl sites for hydroxylation is 1. The van der Waals surface area contributed by atoms with E-state index in [0.717, 1.165) is 49.6 Å². The first-order valence-electron chi connectivity index (χ1n) is 8.29. The van der Waals surface area contributed by atoms with Crippen LogP contribution in [0.1, 0.15) is 25.0 Å². The van der Waals surface area contributed by atoms with Crippen molar-refractivity contribution in [1.29, 1.82) is 0 Å². The van der Waals surface area contributed by atoms with Crippen LogP contribution < -0.4 is 0 Å². The maximum atomic E-state index is 11.9. The monoisotopic (exact) mass is 347 g/mol. The molecule has 0 atom stereocenters. The number of rotatable bonds is 5. The SMILES string of the molecule is Cn1ccnc1-c1cc(CC2CCN(C(=O)CCCl)CC2)ncn1. The van der Waals surface area contributed by atoms with Crippen LogP contribution in [0.2, 0.25) is 0 Å². The lowest BCUT2D eigenvalue weighted by Crippen LogP contribution is -2.39. The molecule has 1 aliphatic rings. The Bertz CT molecular complexity index is 694. The average Bonchev–Trinajstić information content (AvgIpc) is 3.02. The second-order valence-electron chi connectivity index (χ2n) is 6.22. The molecule has 128 valence electrons. The van der Waals surface area contributed by atoms with Crippen molar-refractivity contribution in [2.45, 2.75) is 25.7 Å². The molecule has 2 aromatic rings. The number of alkyl halides is 1. The van der Waals surface area contributed by atoms with Gasteiger partial charge in [-0.1, -0.05) is 0 Å². The van der Waals surface area contributed by atoms with Crippen LogP contribution in [0.5, 0.6) is 0 Å². The van der Waals surface area contributed by atoms with E-state index in [4.69, 9.17) is 11.6 Å². The number of piperidine rings is 1. The number of halogens is 1. The summed E-state index contributed by atoms with van der Waals surface area (Å²) in [5.74, 6) is 1.97. The third kappa shape index (κ3) is 3.93. The Morgan fingerprint density at radius 1 is 1.29 bits per heavy atom. The van der Waals surface area contributed by atoms with E-state index in [1.54, 1.807) is 12.5 Å². The second kappa shape index (κ2) is 7.75. The van der Waals surface area contributed by atoms with Crippen molar-refractivity contribution in [1.82, 2.24) is 24.4 Å². The van der Waals surface area contributed by atoms with E-state index in [0.29, 0.717) is 18.2 Å². The average molecular weight is 348 g/mol. The number of aromatic nitrogens is 4. The van der Waals surface area contributed by atoms with Crippen LogP contribution in [-0.2, 0) is 18.3 Å². The molecule has 0 spiro atoms. The number of imidazole rings is 1. The fourth-order valence-electron chi connectivity index (χ4n) is 3.17. The van der Waals surface area contributed by atoms with E-state index in [1.165, 1.54) is 0 Å². The summed E-state index contributed by atoms with van der Waals surface area (Å²) >= 11 is 5.65. The first kappa shape index (κ1) is 16.9. The van der Waals surface area contributed by atoms with Gasteiger partial charge in [0.1, 0.15) is 12.0 Å². The zero-order valence-corrected chi connectivity index (χ0v) is 14.6. The highest BCUT2D eigenvalue weighted by molar-refractivity contribution is 6.18. The molecule has 0 saturated carbocycles. The lowest BCUT2D eigenvalue weighted by Gasteiger charge is -2.31. The van der Waals surface area contributed by atoms with Crippen LogP contribution in [0.15, 0.2) is 24.8 Å². The molecule has 6 nitrogen and oxygen atoms in total. The summed E-state index contributed by atoms with van der Waals surface area (Å²) in [5.41, 5.74) is 1.88. The molecule has 0 radical (unpaired) electrons. The van der Waals surface area contributed by atoms with Crippen LogP contribution in [-0.4, -0.2) is 49.3 Å². The molecule has 1 saturated heterocycles. The van der Waals surface area contributed by atoms with Crippen LogP contribution in [0, 0.1) is 5.92 Å². The maximum Gasteiger partial charge on any atom is 0.223 e. The highest BCUT2D eigenvalue weighted by Gasteiger charge is 2.23. The predicted octanol–water partition coefficient (Wildman–Crippen LogP) is 2.29. The smallest absolute Gasteiger partial charge is 0.223 e. The summed E-state index contributed by atoms with van der Waals surface area (Å²) in [5, 5.41) is 0. The molecule has 0 bridgehead atoms. The van der Waals surface area contributed by atoms with Gasteiger partial charge in [0.25, 0.3) is 0 Å². The fourth-order valence-corrected chi connectivity index (χ4v) is 3.33. The summed E-state index contributed by atoms with van der Waals surface area (Å²) in [4.78, 5) is 26.9. The highest BCUT2D eigenvalue weighted by Crippen LogP contribution is 2.23. The summed E-state index contributed by atoms with van der Waals surface area (Å²) in [6.45, 7) is 1.63. The molecular formula is C17H22ClN5O. The Hall–Kier alpha value is -1.95. The molecule has 24 heavy (non-hydrogen) atoms. The lowest BCUT2D eigenvalue weighted by molar-refractivity contribution is -0.132. The minimum absolute atomic E-state index is 0.169. The van der Waals surface area contributed by atoms with Crippen LogP contribution in [0.25, 0.3) is 11.5 Å². The van der Waals surface area contributed by atoms with Crippen molar-refractivity contribution in [2.24, 2.45) is 13.0 Å². The van der Waals surface area contributed by atoms with Crippen LogP contribution in [0.3, 0.4) is 0 Å². The zero-order chi connectivity index (χ0) is 16.9. The zero-order valence-electron chi connectivity index (χ0n) is 13.9. The van der Waals surface area contributed by atoms with Gasteiger partial charge in [-0.3, -0.25) is 4.79 Å². The van der Waals surface area contributed by atoms with Gasteiger partial charge in [-0.15, -0.1) is 11.6 Å². The van der Waals surface area contributed by atoms with E-state index < -0.39 is 0 Å². The van der Waals surface area contributed by atoms with Gasteiger partial charge in [0.2, 0.25) is 5.91 Å². The molecule has 2 aromatic heterocycles. The van der Waals surface area contributed by atoms with E-state index in [-0.39, 0.29) is 5.91 Å². The Morgan fingerprint density at radius 3 is 2.75 bits per heavy atom. The predicted molar refractivity (Wildman–Crippen MR) is 92.6 cm³/mol. The molecule has 0 aliphatic carbocycles. The Labute approximate surface area is 146 Å². The van der Waals surface area contributed by atoms with E-state index in [9.17, 15) is 4.79 Å². The first-order chi connectivity index (χ1) is 11.7. The number of hydrogen-bond donors (Lipinski definition) is 0. The van der Waals surface area contributed by atoms with Gasteiger partial charge < -0.3 is 9.47 Å². The van der Waals surface area contributed by atoms with Gasteiger partial charge in [-0.25, -0.2) is 15.0 Å². The summed E-state index contributed by atoms with van der Waals surface area (Å²) < 4.78 is 1.95. The summed E-state index contributed by atoms with van der Waals surface area (Å²) in [6.07, 6.45) is 8.65. The van der Waals surface area contributed by atoms with Crippen LogP contribution >= 0.6 is 11.6 Å². The standard InChI is InChI=1S/C17H22ClN5O/c1-22-9-6-19-17(22)15-11-14(20-12-21-15)10-13-3-7-23(8-4-13)16(24)2-5-18/h6,9,11-13H,2-5,7-8,10H2,1H3. The molecule has 3 heterocycles. The number of nitrogens with zero attached hydrogens (tertiary/aromatic N) is 5. The van der Waals surface area contributed by atoms with Gasteiger partial charge in [-0.05, 0) is 31.2 Å². The third-order valence-electron chi connectivity index (χ3n) is 4.55. The van der Waals surface area contributed by atoms with Gasteiger partial charge in [0, 0.05) is 50.5 Å². The normalized spacial score (nSPS) is 15.7. The van der Waals surface area contributed by atoms with Crippen molar-refractivity contribution in [2.75, 3.05) is 19.0 Å². The molecular weight excluding hydrogens is 326 g/mol. The van der Waals surface area contributed by atoms with Crippen molar-refractivity contribution < 1.29 is 4.79 Å². The molecule has 1 aliphatic heterocycles. The Kier molecular flexibility index (Phi) is 5.45. The Morgan fingerprint density at radius 2 is 2.08 bits per heavy atom. The molecule has 1 fully saturated rings. The minimum Gasteiger partial charge on any atom is -0.343 e. The molecule has 3 rings (SSSR count). The quantitative estimate of drug-likeness (QED) is 0.778. The maximum absolute atomic E-state index is 11.9. The molecule has 0 N–H and O–H groups in total.